The van der Waals surface area contributed by atoms with Crippen LogP contribution in [0.15, 0.2) is 0 Å². The average molecular weight is 178 g/mol. The molecule has 0 aliphatic carbocycles. The Kier molecular flexibility index (Phi) is 3.87. The lowest BCUT2D eigenvalue weighted by molar-refractivity contribution is -0.120. The van der Waals surface area contributed by atoms with Crippen molar-refractivity contribution in [2.75, 3.05) is 6.54 Å². The zero-order valence-electron chi connectivity index (χ0n) is 7.57. The summed E-state index contributed by atoms with van der Waals surface area (Å²) in [5.41, 5.74) is 0.126. The van der Waals surface area contributed by atoms with Gasteiger partial charge in [0.2, 0.25) is 5.91 Å². The van der Waals surface area contributed by atoms with Gasteiger partial charge in [-0.3, -0.25) is 4.79 Å². The molecule has 0 aliphatic rings. The molecule has 0 fully saturated rings. The highest BCUT2D eigenvalue weighted by atomic mass is 35.5. The molecule has 0 aromatic rings. The topological polar surface area (TPSA) is 29.1 Å². The van der Waals surface area contributed by atoms with Crippen molar-refractivity contribution in [3.63, 3.8) is 0 Å². The van der Waals surface area contributed by atoms with Crippen LogP contribution in [-0.4, -0.2) is 17.8 Å². The molecular weight excluding hydrogens is 162 g/mol. The second-order valence-corrected chi connectivity index (χ2v) is 4.55. The largest absolute Gasteiger partial charge is 0.354 e. The van der Waals surface area contributed by atoms with Crippen molar-refractivity contribution in [1.82, 2.24) is 5.32 Å². The number of carbonyl (C=O) groups excluding carboxylic acids is 1. The molecule has 66 valence electrons. The molecule has 0 aromatic carbocycles. The van der Waals surface area contributed by atoms with E-state index < -0.39 is 5.38 Å². The molecule has 1 amide bonds. The number of hydrogen-bond acceptors (Lipinski definition) is 1. The van der Waals surface area contributed by atoms with Crippen LogP contribution >= 0.6 is 11.6 Å². The van der Waals surface area contributed by atoms with Gasteiger partial charge in [0.05, 0.1) is 0 Å². The van der Waals surface area contributed by atoms with Gasteiger partial charge in [-0.1, -0.05) is 20.8 Å². The summed E-state index contributed by atoms with van der Waals surface area (Å²) in [6, 6.07) is 0. The van der Waals surface area contributed by atoms with Crippen LogP contribution in [0.25, 0.3) is 0 Å². The average Bonchev–Trinajstić information content (AvgIpc) is 1.80. The van der Waals surface area contributed by atoms with Gasteiger partial charge in [-0.2, -0.15) is 0 Å². The molecule has 0 aromatic heterocycles. The summed E-state index contributed by atoms with van der Waals surface area (Å²) in [7, 11) is 0. The first-order valence-corrected chi connectivity index (χ1v) is 4.18. The third-order valence-corrected chi connectivity index (χ3v) is 1.35. The zero-order valence-corrected chi connectivity index (χ0v) is 8.33. The van der Waals surface area contributed by atoms with Crippen LogP contribution in [0.1, 0.15) is 27.7 Å². The minimum Gasteiger partial charge on any atom is -0.354 e. The van der Waals surface area contributed by atoms with Gasteiger partial charge in [-0.05, 0) is 12.3 Å². The van der Waals surface area contributed by atoms with Gasteiger partial charge in [-0.25, -0.2) is 0 Å². The van der Waals surface area contributed by atoms with Crippen LogP contribution in [0.3, 0.4) is 0 Å². The quantitative estimate of drug-likeness (QED) is 0.641. The van der Waals surface area contributed by atoms with Gasteiger partial charge >= 0.3 is 0 Å². The molecule has 0 aliphatic heterocycles. The number of halogens is 1. The van der Waals surface area contributed by atoms with E-state index in [0.717, 1.165) is 0 Å². The minimum atomic E-state index is -0.433. The first-order valence-electron chi connectivity index (χ1n) is 3.75. The fraction of sp³-hybridized carbons (Fsp3) is 0.875. The Bertz CT molecular complexity index is 138. The molecule has 3 heteroatoms. The number of carbonyl (C=O) groups is 1. The standard InChI is InChI=1S/C8H16ClNO/c1-6(9)7(11)10-5-8(2,3)4/h6H,5H2,1-4H3,(H,10,11)/t6-/m0/s1. The van der Waals surface area contributed by atoms with E-state index in [2.05, 4.69) is 26.1 Å². The predicted molar refractivity (Wildman–Crippen MR) is 47.8 cm³/mol. The Labute approximate surface area is 73.3 Å². The van der Waals surface area contributed by atoms with Crippen molar-refractivity contribution < 1.29 is 4.79 Å². The molecule has 0 radical (unpaired) electrons. The molecule has 0 heterocycles. The minimum absolute atomic E-state index is 0.0957. The normalized spacial score (nSPS) is 14.3. The maximum absolute atomic E-state index is 10.9. The number of nitrogens with one attached hydrogen (secondary N) is 1. The number of rotatable bonds is 2. The third kappa shape index (κ3) is 6.17. The van der Waals surface area contributed by atoms with Crippen molar-refractivity contribution in [2.24, 2.45) is 5.41 Å². The molecule has 11 heavy (non-hydrogen) atoms. The van der Waals surface area contributed by atoms with E-state index in [9.17, 15) is 4.79 Å². The summed E-state index contributed by atoms with van der Waals surface area (Å²) in [5, 5.41) is 2.32. The highest BCUT2D eigenvalue weighted by Crippen LogP contribution is 2.10. The van der Waals surface area contributed by atoms with Crippen LogP contribution in [0.4, 0.5) is 0 Å². The van der Waals surface area contributed by atoms with E-state index >= 15 is 0 Å². The molecule has 0 saturated heterocycles. The second-order valence-electron chi connectivity index (χ2n) is 3.89. The van der Waals surface area contributed by atoms with Crippen molar-refractivity contribution in [3.8, 4) is 0 Å². The van der Waals surface area contributed by atoms with Crippen LogP contribution in [0, 0.1) is 5.41 Å². The van der Waals surface area contributed by atoms with Crippen molar-refractivity contribution in [2.45, 2.75) is 33.1 Å². The first kappa shape index (κ1) is 10.8. The van der Waals surface area contributed by atoms with Gasteiger partial charge in [0.15, 0.2) is 0 Å². The van der Waals surface area contributed by atoms with Crippen LogP contribution < -0.4 is 5.32 Å². The predicted octanol–water partition coefficient (Wildman–Crippen LogP) is 1.78. The van der Waals surface area contributed by atoms with Gasteiger partial charge < -0.3 is 5.32 Å². The van der Waals surface area contributed by atoms with Crippen LogP contribution in [0.2, 0.25) is 0 Å². The van der Waals surface area contributed by atoms with E-state index in [1.165, 1.54) is 0 Å². The smallest absolute Gasteiger partial charge is 0.237 e. The fourth-order valence-electron chi connectivity index (χ4n) is 0.493. The second kappa shape index (κ2) is 3.96. The Morgan fingerprint density at radius 1 is 1.55 bits per heavy atom. The highest BCUT2D eigenvalue weighted by Gasteiger charge is 2.14. The summed E-state index contributed by atoms with van der Waals surface area (Å²) < 4.78 is 0. The van der Waals surface area contributed by atoms with Crippen molar-refractivity contribution in [3.05, 3.63) is 0 Å². The fourth-order valence-corrected chi connectivity index (χ4v) is 0.570. The summed E-state index contributed by atoms with van der Waals surface area (Å²) in [6.07, 6.45) is 0. The maximum Gasteiger partial charge on any atom is 0.237 e. The first-order chi connectivity index (χ1) is 4.83. The van der Waals surface area contributed by atoms with Crippen LogP contribution in [-0.2, 0) is 4.79 Å². The van der Waals surface area contributed by atoms with E-state index in [-0.39, 0.29) is 11.3 Å². The molecule has 1 atom stereocenters. The van der Waals surface area contributed by atoms with Gasteiger partial charge in [-0.15, -0.1) is 11.6 Å². The maximum atomic E-state index is 10.9. The highest BCUT2D eigenvalue weighted by molar-refractivity contribution is 6.30. The lowest BCUT2D eigenvalue weighted by Gasteiger charge is -2.19. The van der Waals surface area contributed by atoms with E-state index in [4.69, 9.17) is 11.6 Å². The molecule has 1 N–H and O–H groups in total. The lowest BCUT2D eigenvalue weighted by Crippen LogP contribution is -2.36. The molecule has 0 saturated carbocycles. The van der Waals surface area contributed by atoms with Gasteiger partial charge in [0, 0.05) is 6.54 Å². The molecule has 0 unspecified atom stereocenters. The molecule has 0 spiro atoms. The Morgan fingerprint density at radius 2 is 2.00 bits per heavy atom. The Balaban J connectivity index is 3.64. The SMILES string of the molecule is C[C@H](Cl)C(=O)NCC(C)(C)C. The van der Waals surface area contributed by atoms with Crippen LogP contribution in [0.5, 0.6) is 0 Å². The summed E-state index contributed by atoms with van der Waals surface area (Å²) in [6.45, 7) is 8.52. The zero-order chi connectivity index (χ0) is 9.07. The summed E-state index contributed by atoms with van der Waals surface area (Å²) in [5.74, 6) is -0.0957. The molecule has 2 nitrogen and oxygen atoms in total. The van der Waals surface area contributed by atoms with Crippen molar-refractivity contribution in [1.29, 1.82) is 0 Å². The van der Waals surface area contributed by atoms with E-state index in [0.29, 0.717) is 6.54 Å². The third-order valence-electron chi connectivity index (χ3n) is 1.15. The number of amides is 1. The van der Waals surface area contributed by atoms with E-state index in [1.807, 2.05) is 0 Å². The number of hydrogen-bond donors (Lipinski definition) is 1. The molecule has 0 bridgehead atoms. The summed E-state index contributed by atoms with van der Waals surface area (Å²) >= 11 is 5.55. The number of alkyl halides is 1. The van der Waals surface area contributed by atoms with Crippen molar-refractivity contribution >= 4 is 17.5 Å². The molecular formula is C8H16ClNO. The van der Waals surface area contributed by atoms with E-state index in [1.54, 1.807) is 6.92 Å². The molecule has 0 rings (SSSR count). The summed E-state index contributed by atoms with van der Waals surface area (Å²) in [4.78, 5) is 10.9. The van der Waals surface area contributed by atoms with Gasteiger partial charge in [0.1, 0.15) is 5.38 Å². The lowest BCUT2D eigenvalue weighted by atomic mass is 9.97. The Hall–Kier alpha value is -0.240. The Morgan fingerprint density at radius 3 is 2.27 bits per heavy atom. The van der Waals surface area contributed by atoms with Gasteiger partial charge in [0.25, 0.3) is 0 Å². The monoisotopic (exact) mass is 177 g/mol.